The molecule has 4 heteroatoms. The molecular formula is C9H11NO2S. The molecule has 1 aliphatic carbocycles. The summed E-state index contributed by atoms with van der Waals surface area (Å²) in [4.78, 5) is 10.9. The monoisotopic (exact) mass is 197 g/mol. The van der Waals surface area contributed by atoms with Crippen molar-refractivity contribution < 1.29 is 9.90 Å². The van der Waals surface area contributed by atoms with Crippen LogP contribution in [0.15, 0.2) is 11.4 Å². The molecule has 1 fully saturated rings. The van der Waals surface area contributed by atoms with E-state index in [0.717, 1.165) is 25.0 Å². The number of hydrogen-bond donors (Lipinski definition) is 1. The molecule has 0 spiro atoms. The summed E-state index contributed by atoms with van der Waals surface area (Å²) < 4.78 is 4.21. The minimum atomic E-state index is -0.671. The predicted octanol–water partition coefficient (Wildman–Crippen LogP) is 2.11. The van der Waals surface area contributed by atoms with Crippen molar-refractivity contribution in [3.63, 3.8) is 0 Å². The van der Waals surface area contributed by atoms with Crippen LogP contribution in [0.4, 0.5) is 0 Å². The van der Waals surface area contributed by atoms with Gasteiger partial charge in [0.05, 0.1) is 11.6 Å². The van der Waals surface area contributed by atoms with Crippen molar-refractivity contribution in [3.8, 4) is 0 Å². The standard InChI is InChI=1S/C9H11NO2S/c11-9(12)7-3-1-2-6(7)8-4-5-13-10-8/h4-7H,1-3H2,(H,11,12). The van der Waals surface area contributed by atoms with Gasteiger partial charge in [-0.05, 0) is 30.4 Å². The van der Waals surface area contributed by atoms with Crippen molar-refractivity contribution in [3.05, 3.63) is 17.1 Å². The molecule has 1 saturated carbocycles. The average Bonchev–Trinajstić information content (AvgIpc) is 2.74. The fraction of sp³-hybridized carbons (Fsp3) is 0.556. The summed E-state index contributed by atoms with van der Waals surface area (Å²) in [6.45, 7) is 0. The fourth-order valence-electron chi connectivity index (χ4n) is 2.02. The Morgan fingerprint density at radius 1 is 1.62 bits per heavy atom. The van der Waals surface area contributed by atoms with E-state index in [9.17, 15) is 4.79 Å². The first kappa shape index (κ1) is 8.69. The van der Waals surface area contributed by atoms with Crippen LogP contribution in [0.25, 0.3) is 0 Å². The van der Waals surface area contributed by atoms with E-state index in [-0.39, 0.29) is 11.8 Å². The quantitative estimate of drug-likeness (QED) is 0.790. The van der Waals surface area contributed by atoms with Crippen LogP contribution in [0.5, 0.6) is 0 Å². The van der Waals surface area contributed by atoms with Gasteiger partial charge >= 0.3 is 5.97 Å². The number of carbonyl (C=O) groups is 1. The van der Waals surface area contributed by atoms with Gasteiger partial charge < -0.3 is 5.11 Å². The number of nitrogens with zero attached hydrogens (tertiary/aromatic N) is 1. The first-order valence-electron chi connectivity index (χ1n) is 4.42. The normalized spacial score (nSPS) is 27.7. The van der Waals surface area contributed by atoms with Crippen LogP contribution in [-0.4, -0.2) is 15.4 Å². The van der Waals surface area contributed by atoms with E-state index in [1.165, 1.54) is 11.5 Å². The van der Waals surface area contributed by atoms with Crippen molar-refractivity contribution in [2.45, 2.75) is 25.2 Å². The Morgan fingerprint density at radius 3 is 3.08 bits per heavy atom. The number of carboxylic acid groups (broad SMARTS) is 1. The number of carboxylic acids is 1. The summed E-state index contributed by atoms with van der Waals surface area (Å²) in [6.07, 6.45) is 2.79. The third kappa shape index (κ3) is 1.58. The maximum atomic E-state index is 10.9. The molecule has 13 heavy (non-hydrogen) atoms. The van der Waals surface area contributed by atoms with E-state index in [1.54, 1.807) is 0 Å². The van der Waals surface area contributed by atoms with Crippen molar-refractivity contribution in [2.24, 2.45) is 5.92 Å². The lowest BCUT2D eigenvalue weighted by molar-refractivity contribution is -0.142. The van der Waals surface area contributed by atoms with Crippen LogP contribution in [0.3, 0.4) is 0 Å². The summed E-state index contributed by atoms with van der Waals surface area (Å²) >= 11 is 1.40. The Bertz CT molecular complexity index is 297. The largest absolute Gasteiger partial charge is 0.481 e. The average molecular weight is 197 g/mol. The predicted molar refractivity (Wildman–Crippen MR) is 49.8 cm³/mol. The van der Waals surface area contributed by atoms with E-state index in [1.807, 2.05) is 11.4 Å². The Kier molecular flexibility index (Phi) is 2.31. The summed E-state index contributed by atoms with van der Waals surface area (Å²) in [7, 11) is 0. The third-order valence-corrected chi connectivity index (χ3v) is 3.24. The van der Waals surface area contributed by atoms with Gasteiger partial charge in [0.1, 0.15) is 0 Å². The minimum absolute atomic E-state index is 0.156. The number of aromatic nitrogens is 1. The van der Waals surface area contributed by atoms with Crippen LogP contribution < -0.4 is 0 Å². The molecule has 0 amide bonds. The van der Waals surface area contributed by atoms with Gasteiger partial charge in [-0.2, -0.15) is 4.37 Å². The summed E-state index contributed by atoms with van der Waals surface area (Å²) in [5.74, 6) is -0.721. The molecule has 0 radical (unpaired) electrons. The molecule has 1 heterocycles. The lowest BCUT2D eigenvalue weighted by Crippen LogP contribution is -2.16. The molecule has 2 atom stereocenters. The minimum Gasteiger partial charge on any atom is -0.481 e. The first-order chi connectivity index (χ1) is 6.29. The smallest absolute Gasteiger partial charge is 0.307 e. The van der Waals surface area contributed by atoms with Gasteiger partial charge in [-0.15, -0.1) is 0 Å². The van der Waals surface area contributed by atoms with Crippen LogP contribution in [0.2, 0.25) is 0 Å². The van der Waals surface area contributed by atoms with Crippen LogP contribution in [0.1, 0.15) is 30.9 Å². The Hall–Kier alpha value is -0.900. The van der Waals surface area contributed by atoms with E-state index in [4.69, 9.17) is 5.11 Å². The zero-order chi connectivity index (χ0) is 9.26. The molecule has 0 saturated heterocycles. The molecular weight excluding hydrogens is 186 g/mol. The maximum absolute atomic E-state index is 10.9. The molecule has 0 bridgehead atoms. The van der Waals surface area contributed by atoms with E-state index >= 15 is 0 Å². The van der Waals surface area contributed by atoms with Gasteiger partial charge in [0.25, 0.3) is 0 Å². The summed E-state index contributed by atoms with van der Waals surface area (Å²) in [5.41, 5.74) is 0.968. The molecule has 1 aromatic heterocycles. The second-order valence-electron chi connectivity index (χ2n) is 3.41. The van der Waals surface area contributed by atoms with Gasteiger partial charge in [-0.25, -0.2) is 0 Å². The fourth-order valence-corrected chi connectivity index (χ4v) is 2.60. The molecule has 1 aliphatic rings. The van der Waals surface area contributed by atoms with Crippen molar-refractivity contribution in [2.75, 3.05) is 0 Å². The SMILES string of the molecule is O=C(O)C1CCCC1c1ccsn1. The molecule has 1 aromatic rings. The number of aliphatic carboxylic acids is 1. The van der Waals surface area contributed by atoms with Gasteiger partial charge in [0.2, 0.25) is 0 Å². The van der Waals surface area contributed by atoms with Gasteiger partial charge in [-0.3, -0.25) is 4.79 Å². The van der Waals surface area contributed by atoms with Crippen molar-refractivity contribution in [1.29, 1.82) is 0 Å². The Morgan fingerprint density at radius 2 is 2.46 bits per heavy atom. The highest BCUT2D eigenvalue weighted by Crippen LogP contribution is 2.39. The number of hydrogen-bond acceptors (Lipinski definition) is 3. The molecule has 0 aliphatic heterocycles. The summed E-state index contributed by atoms with van der Waals surface area (Å²) in [5, 5.41) is 10.9. The number of rotatable bonds is 2. The Balaban J connectivity index is 2.19. The first-order valence-corrected chi connectivity index (χ1v) is 5.26. The topological polar surface area (TPSA) is 50.2 Å². The lowest BCUT2D eigenvalue weighted by Gasteiger charge is -2.12. The van der Waals surface area contributed by atoms with Crippen LogP contribution in [-0.2, 0) is 4.79 Å². The zero-order valence-electron chi connectivity index (χ0n) is 7.14. The molecule has 2 unspecified atom stereocenters. The highest BCUT2D eigenvalue weighted by Gasteiger charge is 2.34. The lowest BCUT2D eigenvalue weighted by atomic mass is 9.93. The third-order valence-electron chi connectivity index (χ3n) is 2.67. The maximum Gasteiger partial charge on any atom is 0.307 e. The van der Waals surface area contributed by atoms with Gasteiger partial charge in [-0.1, -0.05) is 6.42 Å². The van der Waals surface area contributed by atoms with Crippen molar-refractivity contribution in [1.82, 2.24) is 4.37 Å². The second kappa shape index (κ2) is 3.46. The van der Waals surface area contributed by atoms with Crippen molar-refractivity contribution >= 4 is 17.5 Å². The van der Waals surface area contributed by atoms with Gasteiger partial charge in [0, 0.05) is 11.3 Å². The summed E-state index contributed by atoms with van der Waals surface area (Å²) in [6, 6.07) is 1.94. The molecule has 0 aromatic carbocycles. The molecule has 2 rings (SSSR count). The molecule has 1 N–H and O–H groups in total. The molecule has 70 valence electrons. The second-order valence-corrected chi connectivity index (χ2v) is 4.07. The van der Waals surface area contributed by atoms with Gasteiger partial charge in [0.15, 0.2) is 0 Å². The van der Waals surface area contributed by atoms with E-state index in [0.29, 0.717) is 0 Å². The zero-order valence-corrected chi connectivity index (χ0v) is 7.96. The van der Waals surface area contributed by atoms with E-state index < -0.39 is 5.97 Å². The van der Waals surface area contributed by atoms with Crippen LogP contribution >= 0.6 is 11.5 Å². The highest BCUT2D eigenvalue weighted by atomic mass is 32.1. The molecule has 3 nitrogen and oxygen atoms in total. The highest BCUT2D eigenvalue weighted by molar-refractivity contribution is 7.03. The van der Waals surface area contributed by atoms with Crippen LogP contribution in [0, 0.1) is 5.92 Å². The Labute approximate surface area is 80.6 Å². The van der Waals surface area contributed by atoms with E-state index in [2.05, 4.69) is 4.37 Å².